The molecule has 0 fully saturated rings. The number of hydrogen-bond donors (Lipinski definition) is 2. The highest BCUT2D eigenvalue weighted by Gasteiger charge is 2.27. The van der Waals surface area contributed by atoms with Gasteiger partial charge in [0.15, 0.2) is 11.6 Å². The maximum absolute atomic E-state index is 13.2. The fourth-order valence-electron chi connectivity index (χ4n) is 3.01. The quantitative estimate of drug-likeness (QED) is 0.311. The third kappa shape index (κ3) is 4.36. The minimum atomic E-state index is -0.626. The summed E-state index contributed by atoms with van der Waals surface area (Å²) in [6.45, 7) is 0. The molecule has 0 radical (unpaired) electrons. The number of nitrogen functional groups attached to an aromatic ring is 2. The van der Waals surface area contributed by atoms with E-state index < -0.39 is 5.92 Å². The molecule has 27 heavy (non-hydrogen) atoms. The first-order chi connectivity index (χ1) is 13.0. The summed E-state index contributed by atoms with van der Waals surface area (Å²) < 4.78 is 1.06. The molecule has 1 atom stereocenters. The number of hydrogen-bond acceptors (Lipinski definition) is 4. The number of ketones is 2. The van der Waals surface area contributed by atoms with Crippen LogP contribution in [-0.2, 0) is 0 Å². The highest BCUT2D eigenvalue weighted by molar-refractivity contribution is 14.1. The fraction of sp³-hybridized carbons (Fsp3) is 0.0909. The highest BCUT2D eigenvalue weighted by atomic mass is 127. The Bertz CT molecular complexity index is 984. The molecular formula is C22H19IN2O2. The van der Waals surface area contributed by atoms with E-state index in [0.717, 1.165) is 9.13 Å². The Labute approximate surface area is 171 Å². The molecule has 0 amide bonds. The minimum absolute atomic E-state index is 0.0297. The van der Waals surface area contributed by atoms with Crippen molar-refractivity contribution in [1.82, 2.24) is 0 Å². The van der Waals surface area contributed by atoms with Crippen molar-refractivity contribution >= 4 is 45.5 Å². The lowest BCUT2D eigenvalue weighted by Crippen LogP contribution is -2.19. The monoisotopic (exact) mass is 470 g/mol. The topological polar surface area (TPSA) is 86.2 Å². The molecule has 0 aliphatic carbocycles. The summed E-state index contributed by atoms with van der Waals surface area (Å²) in [6, 6.07) is 21.4. The van der Waals surface area contributed by atoms with Crippen LogP contribution in [0.15, 0.2) is 72.8 Å². The van der Waals surface area contributed by atoms with Gasteiger partial charge in [-0.25, -0.2) is 0 Å². The molecule has 0 saturated carbocycles. The van der Waals surface area contributed by atoms with Crippen LogP contribution in [0, 0.1) is 3.57 Å². The van der Waals surface area contributed by atoms with Crippen LogP contribution >= 0.6 is 22.6 Å². The average molecular weight is 470 g/mol. The summed E-state index contributed by atoms with van der Waals surface area (Å²) >= 11 is 2.20. The van der Waals surface area contributed by atoms with E-state index in [1.54, 1.807) is 48.5 Å². The number of benzene rings is 3. The number of Topliss-reactive ketones (excluding diaryl/α,β-unsaturated/α-hetero) is 2. The SMILES string of the molecule is Nc1ccccc1C(=O)CC(C(=O)c1ccccc1N)c1ccc(I)cc1. The van der Waals surface area contributed by atoms with Crippen LogP contribution in [0.25, 0.3) is 0 Å². The number of carbonyl (C=O) groups is 2. The Morgan fingerprint density at radius 3 is 1.85 bits per heavy atom. The van der Waals surface area contributed by atoms with Crippen LogP contribution in [0.5, 0.6) is 0 Å². The predicted octanol–water partition coefficient (Wildman–Crippen LogP) is 4.70. The van der Waals surface area contributed by atoms with Gasteiger partial charge < -0.3 is 11.5 Å². The number of nitrogens with two attached hydrogens (primary N) is 2. The summed E-state index contributed by atoms with van der Waals surface area (Å²) in [5, 5.41) is 0. The van der Waals surface area contributed by atoms with E-state index in [2.05, 4.69) is 22.6 Å². The zero-order valence-electron chi connectivity index (χ0n) is 14.6. The lowest BCUT2D eigenvalue weighted by Gasteiger charge is -2.17. The standard InChI is InChI=1S/C22H19IN2O2/c23-15-11-9-14(10-12-15)18(22(27)17-6-2-4-8-20(17)25)13-21(26)16-5-1-3-7-19(16)24/h1-12,18H,13,24-25H2. The van der Waals surface area contributed by atoms with Crippen molar-refractivity contribution in [3.63, 3.8) is 0 Å². The number of rotatable bonds is 6. The van der Waals surface area contributed by atoms with E-state index in [0.29, 0.717) is 22.5 Å². The van der Waals surface area contributed by atoms with Crippen molar-refractivity contribution in [3.05, 3.63) is 93.1 Å². The molecule has 1 unspecified atom stereocenters. The third-order valence-corrected chi connectivity index (χ3v) is 5.18. The first kappa shape index (κ1) is 19.1. The molecule has 0 aromatic heterocycles. The van der Waals surface area contributed by atoms with Gasteiger partial charge in [-0.05, 0) is 64.6 Å². The van der Waals surface area contributed by atoms with E-state index in [4.69, 9.17) is 11.5 Å². The van der Waals surface area contributed by atoms with Crippen LogP contribution in [0.3, 0.4) is 0 Å². The molecule has 0 spiro atoms. The molecule has 0 aliphatic heterocycles. The van der Waals surface area contributed by atoms with Gasteiger partial charge in [0.05, 0.1) is 5.92 Å². The predicted molar refractivity (Wildman–Crippen MR) is 117 cm³/mol. The van der Waals surface area contributed by atoms with Gasteiger partial charge in [-0.3, -0.25) is 9.59 Å². The minimum Gasteiger partial charge on any atom is -0.398 e. The van der Waals surface area contributed by atoms with Crippen molar-refractivity contribution in [2.24, 2.45) is 0 Å². The van der Waals surface area contributed by atoms with Gasteiger partial charge in [0, 0.05) is 32.5 Å². The molecule has 5 heteroatoms. The van der Waals surface area contributed by atoms with E-state index in [1.165, 1.54) is 0 Å². The smallest absolute Gasteiger partial charge is 0.172 e. The van der Waals surface area contributed by atoms with E-state index >= 15 is 0 Å². The van der Waals surface area contributed by atoms with Crippen molar-refractivity contribution in [3.8, 4) is 0 Å². The Morgan fingerprint density at radius 1 is 0.778 bits per heavy atom. The first-order valence-corrected chi connectivity index (χ1v) is 9.57. The van der Waals surface area contributed by atoms with Crippen molar-refractivity contribution < 1.29 is 9.59 Å². The van der Waals surface area contributed by atoms with E-state index in [9.17, 15) is 9.59 Å². The lowest BCUT2D eigenvalue weighted by molar-refractivity contribution is 0.0894. The average Bonchev–Trinajstić information content (AvgIpc) is 2.67. The van der Waals surface area contributed by atoms with Crippen molar-refractivity contribution in [1.29, 1.82) is 0 Å². The van der Waals surface area contributed by atoms with Crippen LogP contribution in [0.4, 0.5) is 11.4 Å². The van der Waals surface area contributed by atoms with Gasteiger partial charge in [0.25, 0.3) is 0 Å². The maximum atomic E-state index is 13.2. The fourth-order valence-corrected chi connectivity index (χ4v) is 3.37. The van der Waals surface area contributed by atoms with Gasteiger partial charge in [0.1, 0.15) is 0 Å². The molecular weight excluding hydrogens is 451 g/mol. The van der Waals surface area contributed by atoms with Crippen LogP contribution < -0.4 is 11.5 Å². The molecule has 0 aliphatic rings. The number of halogens is 1. The van der Waals surface area contributed by atoms with Gasteiger partial charge >= 0.3 is 0 Å². The number of anilines is 2. The third-order valence-electron chi connectivity index (χ3n) is 4.47. The van der Waals surface area contributed by atoms with E-state index in [-0.39, 0.29) is 18.0 Å². The van der Waals surface area contributed by atoms with Gasteiger partial charge in [-0.1, -0.05) is 36.4 Å². The molecule has 4 N–H and O–H groups in total. The van der Waals surface area contributed by atoms with Crippen LogP contribution in [0.2, 0.25) is 0 Å². The summed E-state index contributed by atoms with van der Waals surface area (Å²) in [7, 11) is 0. The Hall–Kier alpha value is -2.67. The largest absolute Gasteiger partial charge is 0.398 e. The molecule has 0 heterocycles. The molecule has 136 valence electrons. The molecule has 3 aromatic rings. The Kier molecular flexibility index (Phi) is 5.91. The second kappa shape index (κ2) is 8.35. The number of para-hydroxylation sites is 2. The maximum Gasteiger partial charge on any atom is 0.172 e. The molecule has 4 nitrogen and oxygen atoms in total. The molecule has 0 saturated heterocycles. The zero-order valence-corrected chi connectivity index (χ0v) is 16.7. The number of carbonyl (C=O) groups excluding carboxylic acids is 2. The Balaban J connectivity index is 1.99. The van der Waals surface area contributed by atoms with Crippen molar-refractivity contribution in [2.75, 3.05) is 11.5 Å². The Morgan fingerprint density at radius 2 is 1.30 bits per heavy atom. The first-order valence-electron chi connectivity index (χ1n) is 8.49. The second-order valence-corrected chi connectivity index (χ2v) is 7.52. The molecule has 3 aromatic carbocycles. The van der Waals surface area contributed by atoms with Gasteiger partial charge in [-0.2, -0.15) is 0 Å². The van der Waals surface area contributed by atoms with Crippen molar-refractivity contribution in [2.45, 2.75) is 12.3 Å². The summed E-state index contributed by atoms with van der Waals surface area (Å²) in [5.41, 5.74) is 14.4. The zero-order chi connectivity index (χ0) is 19.4. The normalized spacial score (nSPS) is 11.7. The summed E-state index contributed by atoms with van der Waals surface area (Å²) in [4.78, 5) is 26.1. The van der Waals surface area contributed by atoms with Gasteiger partial charge in [-0.15, -0.1) is 0 Å². The molecule has 3 rings (SSSR count). The van der Waals surface area contributed by atoms with Crippen LogP contribution in [0.1, 0.15) is 38.6 Å². The highest BCUT2D eigenvalue weighted by Crippen LogP contribution is 2.29. The summed E-state index contributed by atoms with van der Waals surface area (Å²) in [5.74, 6) is -0.963. The van der Waals surface area contributed by atoms with Gasteiger partial charge in [0.2, 0.25) is 0 Å². The second-order valence-electron chi connectivity index (χ2n) is 6.27. The molecule has 0 bridgehead atoms. The summed E-state index contributed by atoms with van der Waals surface area (Å²) in [6.07, 6.45) is 0.0297. The lowest BCUT2D eigenvalue weighted by atomic mass is 9.85. The van der Waals surface area contributed by atoms with Crippen LogP contribution in [-0.4, -0.2) is 11.6 Å². The van der Waals surface area contributed by atoms with E-state index in [1.807, 2.05) is 24.3 Å².